The lowest BCUT2D eigenvalue weighted by Crippen LogP contribution is -2.12. The van der Waals surface area contributed by atoms with Crippen LogP contribution < -0.4 is 0 Å². The Morgan fingerprint density at radius 2 is 1.92 bits per heavy atom. The van der Waals surface area contributed by atoms with Crippen LogP contribution in [0.4, 0.5) is 13.2 Å². The molecule has 0 aliphatic carbocycles. The maximum Gasteiger partial charge on any atom is 0.435 e. The minimum absolute atomic E-state index is 0.0671. The zero-order valence-electron chi connectivity index (χ0n) is 13.6. The fourth-order valence-electron chi connectivity index (χ4n) is 2.55. The van der Waals surface area contributed by atoms with Gasteiger partial charge in [0.2, 0.25) is 0 Å². The van der Waals surface area contributed by atoms with Gasteiger partial charge in [0.05, 0.1) is 17.1 Å². The minimum atomic E-state index is -4.57. The van der Waals surface area contributed by atoms with E-state index in [-0.39, 0.29) is 23.7 Å². The van der Waals surface area contributed by atoms with Gasteiger partial charge in [0.15, 0.2) is 5.69 Å². The Bertz CT molecular complexity index is 740. The molecule has 0 unspecified atom stereocenters. The molecule has 0 aliphatic heterocycles. The molecule has 0 atom stereocenters. The molecule has 0 radical (unpaired) electrons. The summed E-state index contributed by atoms with van der Waals surface area (Å²) < 4.78 is 41.2. The summed E-state index contributed by atoms with van der Waals surface area (Å²) >= 11 is 5.79. The number of rotatable bonds is 7. The first-order valence-electron chi connectivity index (χ1n) is 7.81. The van der Waals surface area contributed by atoms with Crippen molar-refractivity contribution in [2.75, 3.05) is 0 Å². The fraction of sp³-hybridized carbons (Fsp3) is 0.412. The van der Waals surface area contributed by atoms with Crippen LogP contribution in [-0.4, -0.2) is 20.6 Å². The third-order valence-corrected chi connectivity index (χ3v) is 4.10. The highest BCUT2D eigenvalue weighted by Crippen LogP contribution is 2.33. The van der Waals surface area contributed by atoms with Gasteiger partial charge in [-0.1, -0.05) is 25.5 Å². The smallest absolute Gasteiger partial charge is 0.435 e. The lowest BCUT2D eigenvalue weighted by Gasteiger charge is -2.12. The van der Waals surface area contributed by atoms with E-state index in [4.69, 9.17) is 16.7 Å². The van der Waals surface area contributed by atoms with Crippen molar-refractivity contribution in [3.8, 4) is 0 Å². The maximum atomic E-state index is 13.2. The lowest BCUT2D eigenvalue weighted by atomic mass is 10.1. The first-order valence-corrected chi connectivity index (χ1v) is 8.35. The van der Waals surface area contributed by atoms with E-state index in [1.807, 2.05) is 6.92 Å². The first kappa shape index (κ1) is 19.3. The van der Waals surface area contributed by atoms with Crippen LogP contribution in [0.25, 0.3) is 0 Å². The number of carboxylic acid groups (broad SMARTS) is 1. The van der Waals surface area contributed by atoms with E-state index in [9.17, 15) is 18.0 Å². The molecule has 8 heteroatoms. The van der Waals surface area contributed by atoms with Crippen LogP contribution in [-0.2, 0) is 25.0 Å². The van der Waals surface area contributed by atoms with Crippen LogP contribution in [0.5, 0.6) is 0 Å². The monoisotopic (exact) mass is 374 g/mol. The quantitative estimate of drug-likeness (QED) is 0.713. The number of imidazole rings is 1. The van der Waals surface area contributed by atoms with Crippen molar-refractivity contribution in [2.45, 2.75) is 44.8 Å². The van der Waals surface area contributed by atoms with E-state index in [0.29, 0.717) is 24.2 Å². The molecule has 1 aromatic carbocycles. The summed E-state index contributed by atoms with van der Waals surface area (Å²) in [4.78, 5) is 14.7. The van der Waals surface area contributed by atoms with Crippen LogP contribution in [0, 0.1) is 0 Å². The second kappa shape index (κ2) is 7.91. The molecular formula is C17H18ClF3N2O2. The summed E-state index contributed by atoms with van der Waals surface area (Å²) in [5, 5.41) is 8.92. The van der Waals surface area contributed by atoms with E-state index in [0.717, 1.165) is 6.42 Å². The fourth-order valence-corrected chi connectivity index (χ4v) is 2.82. The third-order valence-electron chi connectivity index (χ3n) is 3.84. The molecule has 0 spiro atoms. The highest BCUT2D eigenvalue weighted by atomic mass is 35.5. The average Bonchev–Trinajstić information content (AvgIpc) is 2.91. The second-order valence-electron chi connectivity index (χ2n) is 5.65. The highest BCUT2D eigenvalue weighted by Gasteiger charge is 2.38. The number of nitrogens with zero attached hydrogens (tertiary/aromatic N) is 2. The van der Waals surface area contributed by atoms with Gasteiger partial charge in [-0.3, -0.25) is 0 Å². The standard InChI is InChI=1S/C17H18ClF3N2O2/c1-2-3-4-14-22-15(17(19,20)21)13(9-18)23(14)10-11-5-7-12(8-6-11)16(24)25/h5-8H,2-4,9-10H2,1H3,(H,24,25). The summed E-state index contributed by atoms with van der Waals surface area (Å²) in [6.07, 6.45) is -2.60. The number of aryl methyl sites for hydroxylation is 1. The Kier molecular flexibility index (Phi) is 6.11. The number of aromatic carboxylic acids is 1. The Morgan fingerprint density at radius 1 is 1.28 bits per heavy atom. The Hall–Kier alpha value is -2.02. The van der Waals surface area contributed by atoms with Crippen molar-refractivity contribution in [3.63, 3.8) is 0 Å². The van der Waals surface area contributed by atoms with E-state index >= 15 is 0 Å². The van der Waals surface area contributed by atoms with Gasteiger partial charge in [0.25, 0.3) is 0 Å². The Labute approximate surface area is 148 Å². The number of carboxylic acids is 1. The number of hydrogen-bond donors (Lipinski definition) is 1. The predicted octanol–water partition coefficient (Wildman–Crippen LogP) is 4.73. The van der Waals surface area contributed by atoms with Gasteiger partial charge in [-0.05, 0) is 24.1 Å². The van der Waals surface area contributed by atoms with E-state index < -0.39 is 17.8 Å². The number of hydrogen-bond acceptors (Lipinski definition) is 2. The molecule has 1 heterocycles. The molecule has 0 saturated carbocycles. The van der Waals surface area contributed by atoms with Crippen LogP contribution in [0.15, 0.2) is 24.3 Å². The van der Waals surface area contributed by atoms with E-state index in [2.05, 4.69) is 4.98 Å². The van der Waals surface area contributed by atoms with Crippen molar-refractivity contribution in [2.24, 2.45) is 0 Å². The molecular weight excluding hydrogens is 357 g/mol. The summed E-state index contributed by atoms with van der Waals surface area (Å²) in [6.45, 7) is 2.11. The van der Waals surface area contributed by atoms with Crippen molar-refractivity contribution in [1.82, 2.24) is 9.55 Å². The van der Waals surface area contributed by atoms with Gasteiger partial charge < -0.3 is 9.67 Å². The molecule has 2 aromatic rings. The molecule has 1 N–H and O–H groups in total. The van der Waals surface area contributed by atoms with Gasteiger partial charge in [-0.25, -0.2) is 9.78 Å². The Morgan fingerprint density at radius 3 is 2.40 bits per heavy atom. The zero-order valence-corrected chi connectivity index (χ0v) is 14.4. The molecule has 136 valence electrons. The minimum Gasteiger partial charge on any atom is -0.478 e. The van der Waals surface area contributed by atoms with Crippen LogP contribution in [0.2, 0.25) is 0 Å². The summed E-state index contributed by atoms with van der Waals surface area (Å²) in [5.41, 5.74) is -0.215. The predicted molar refractivity (Wildman–Crippen MR) is 87.9 cm³/mol. The molecule has 1 aromatic heterocycles. The number of halogens is 4. The third kappa shape index (κ3) is 4.54. The maximum absolute atomic E-state index is 13.2. The van der Waals surface area contributed by atoms with Crippen LogP contribution in [0.3, 0.4) is 0 Å². The van der Waals surface area contributed by atoms with Crippen molar-refractivity contribution >= 4 is 17.6 Å². The molecule has 2 rings (SSSR count). The molecule has 0 bridgehead atoms. The summed E-state index contributed by atoms with van der Waals surface area (Å²) in [7, 11) is 0. The molecule has 0 fully saturated rings. The Balaban J connectivity index is 2.42. The summed E-state index contributed by atoms with van der Waals surface area (Å²) in [6, 6.07) is 6.01. The zero-order chi connectivity index (χ0) is 18.6. The molecule has 0 saturated heterocycles. The summed E-state index contributed by atoms with van der Waals surface area (Å²) in [5.74, 6) is -1.02. The van der Waals surface area contributed by atoms with Crippen LogP contribution >= 0.6 is 11.6 Å². The van der Waals surface area contributed by atoms with Crippen molar-refractivity contribution in [1.29, 1.82) is 0 Å². The normalized spacial score (nSPS) is 11.7. The van der Waals surface area contributed by atoms with Gasteiger partial charge in [0.1, 0.15) is 5.82 Å². The van der Waals surface area contributed by atoms with E-state index in [1.165, 1.54) is 16.7 Å². The first-order chi connectivity index (χ1) is 11.8. The van der Waals surface area contributed by atoms with Gasteiger partial charge in [-0.2, -0.15) is 13.2 Å². The lowest BCUT2D eigenvalue weighted by molar-refractivity contribution is -0.141. The molecule has 25 heavy (non-hydrogen) atoms. The number of aromatic nitrogens is 2. The topological polar surface area (TPSA) is 55.1 Å². The van der Waals surface area contributed by atoms with Crippen molar-refractivity contribution < 1.29 is 23.1 Å². The highest BCUT2D eigenvalue weighted by molar-refractivity contribution is 6.17. The van der Waals surface area contributed by atoms with Gasteiger partial charge >= 0.3 is 12.1 Å². The number of unbranched alkanes of at least 4 members (excludes halogenated alkanes) is 1. The van der Waals surface area contributed by atoms with Crippen molar-refractivity contribution in [3.05, 3.63) is 52.6 Å². The number of alkyl halides is 4. The average molecular weight is 375 g/mol. The van der Waals surface area contributed by atoms with Crippen LogP contribution in [0.1, 0.15) is 52.9 Å². The molecule has 4 nitrogen and oxygen atoms in total. The second-order valence-corrected chi connectivity index (χ2v) is 5.91. The van der Waals surface area contributed by atoms with Gasteiger partial charge in [0, 0.05) is 13.0 Å². The molecule has 0 amide bonds. The SMILES string of the molecule is CCCCc1nc(C(F)(F)F)c(CCl)n1Cc1ccc(C(=O)O)cc1. The number of carbonyl (C=O) groups is 1. The molecule has 0 aliphatic rings. The number of benzene rings is 1. The van der Waals surface area contributed by atoms with Gasteiger partial charge in [-0.15, -0.1) is 11.6 Å². The largest absolute Gasteiger partial charge is 0.478 e. The van der Waals surface area contributed by atoms with E-state index in [1.54, 1.807) is 12.1 Å².